The third-order valence-electron chi connectivity index (χ3n) is 3.29. The van der Waals surface area contributed by atoms with Gasteiger partial charge in [0.25, 0.3) is 0 Å². The van der Waals surface area contributed by atoms with Crippen LogP contribution in [0.15, 0.2) is 18.7 Å². The van der Waals surface area contributed by atoms with E-state index in [-0.39, 0.29) is 56.5 Å². The topological polar surface area (TPSA) is 26.3 Å². The number of esters is 1. The molecule has 0 N–H and O–H groups in total. The van der Waals surface area contributed by atoms with Crippen LogP contribution in [0.1, 0.15) is 6.92 Å². The predicted molar refractivity (Wildman–Crippen MR) is 53.1 cm³/mol. The molecule has 2 aliphatic rings. The molecule has 1 saturated carbocycles. The number of ether oxygens (including phenoxy) is 1. The number of carbonyl (C=O) groups excluding carboxylic acids is 1. The Bertz CT molecular complexity index is 418. The Kier molecular flexibility index (Phi) is 6.74. The van der Waals surface area contributed by atoms with Gasteiger partial charge in [0.2, 0.25) is 0 Å². The van der Waals surface area contributed by atoms with E-state index in [0.29, 0.717) is 6.92 Å². The van der Waals surface area contributed by atoms with E-state index in [9.17, 15) is 22.4 Å². The van der Waals surface area contributed by atoms with Gasteiger partial charge < -0.3 is 19.6 Å². The summed E-state index contributed by atoms with van der Waals surface area (Å²) in [5.74, 6) is -6.66. The molecular weight excluding hydrogens is 593 g/mol. The molecule has 0 bridgehead atoms. The van der Waals surface area contributed by atoms with Crippen molar-refractivity contribution < 1.29 is 77.7 Å². The molecule has 0 aliphatic heterocycles. The van der Waals surface area contributed by atoms with E-state index in [4.69, 9.17) is 0 Å². The number of rotatable bonds is 5. The maximum atomic E-state index is 14.0. The third kappa shape index (κ3) is 2.94. The van der Waals surface area contributed by atoms with Crippen LogP contribution in [-0.4, -0.2) is 17.5 Å². The number of alkyl halides is 2. The molecule has 0 aromatic heterocycles. The Morgan fingerprint density at radius 3 is 2.15 bits per heavy atom. The van der Waals surface area contributed by atoms with Gasteiger partial charge in [-0.1, -0.05) is 0 Å². The Morgan fingerprint density at radius 2 is 1.85 bits per heavy atom. The van der Waals surface area contributed by atoms with Gasteiger partial charge in [-0.2, -0.15) is 11.8 Å². The monoisotopic (exact) mass is 602 g/mol. The van der Waals surface area contributed by atoms with Crippen LogP contribution in [0.25, 0.3) is 0 Å². The van der Waals surface area contributed by atoms with Crippen molar-refractivity contribution in [1.29, 1.82) is 0 Å². The van der Waals surface area contributed by atoms with E-state index in [1.54, 1.807) is 6.08 Å². The minimum Gasteiger partial charge on any atom is -0.507 e. The summed E-state index contributed by atoms with van der Waals surface area (Å²) in [6, 6.07) is 0. The van der Waals surface area contributed by atoms with E-state index < -0.39 is 35.8 Å². The zero-order valence-electron chi connectivity index (χ0n) is 10.2. The van der Waals surface area contributed by atoms with E-state index in [1.165, 1.54) is 12.2 Å². The van der Waals surface area contributed by atoms with Crippen LogP contribution in [0.5, 0.6) is 0 Å². The molecule has 0 saturated heterocycles. The van der Waals surface area contributed by atoms with E-state index in [2.05, 4.69) is 11.3 Å². The zero-order valence-corrected chi connectivity index (χ0v) is 16.0. The Morgan fingerprint density at radius 1 is 1.40 bits per heavy atom. The molecule has 8 heteroatoms. The van der Waals surface area contributed by atoms with Crippen molar-refractivity contribution in [2.24, 2.45) is 11.8 Å². The first-order chi connectivity index (χ1) is 8.25. The number of carbonyl (C=O) groups is 1. The quantitative estimate of drug-likeness (QED) is 0.121. The van der Waals surface area contributed by atoms with Crippen molar-refractivity contribution in [2.75, 3.05) is 0 Å². The average Bonchev–Trinajstić information content (AvgIpc) is 2.79. The second-order valence-corrected chi connectivity index (χ2v) is 4.33. The van der Waals surface area contributed by atoms with Crippen LogP contribution in [0.3, 0.4) is 0 Å². The van der Waals surface area contributed by atoms with Gasteiger partial charge in [-0.3, -0.25) is 11.4 Å². The van der Waals surface area contributed by atoms with Crippen LogP contribution >= 0.6 is 0 Å². The van der Waals surface area contributed by atoms with Gasteiger partial charge in [-0.25, -0.2) is 14.7 Å². The van der Waals surface area contributed by atoms with Gasteiger partial charge in [0.1, 0.15) is 5.97 Å². The summed E-state index contributed by atoms with van der Waals surface area (Å²) >= 11 is 0. The first-order valence-corrected chi connectivity index (χ1v) is 5.13. The molecule has 2 aliphatic carbocycles. The number of fused-ring (bicyclic) bond motifs is 1. The SMILES string of the molecule is C=[C-]C(=O)OC(C)([C-](F)F)C(F)(F)[C-]1C2C=CC12.[Rh].[U+2]. The fraction of sp³-hybridized carbons (Fsp3) is 0.417. The van der Waals surface area contributed by atoms with Crippen molar-refractivity contribution in [2.45, 2.75) is 18.4 Å². The summed E-state index contributed by atoms with van der Waals surface area (Å²) in [6.07, 6.45) is 1.98. The van der Waals surface area contributed by atoms with Crippen LogP contribution < -0.4 is 0 Å². The van der Waals surface area contributed by atoms with Crippen molar-refractivity contribution in [3.05, 3.63) is 37.2 Å². The first kappa shape index (κ1) is 20.3. The maximum absolute atomic E-state index is 14.0. The molecule has 1 radical (unpaired) electrons. The number of allylic oxidation sites excluding steroid dienone is 2. The summed E-state index contributed by atoms with van der Waals surface area (Å²) in [5, 5.41) is 0. The molecule has 0 spiro atoms. The van der Waals surface area contributed by atoms with E-state index in [0.717, 1.165) is 0 Å². The normalized spacial score (nSPS) is 26.3. The summed E-state index contributed by atoms with van der Waals surface area (Å²) in [6.45, 7) is 3.36. The van der Waals surface area contributed by atoms with Gasteiger partial charge in [0, 0.05) is 25.9 Å². The minimum absolute atomic E-state index is 0. The molecule has 1 fully saturated rings. The van der Waals surface area contributed by atoms with Crippen molar-refractivity contribution in [3.63, 3.8) is 0 Å². The first-order valence-electron chi connectivity index (χ1n) is 5.13. The standard InChI is InChI=1S/C12H9F4O2.Rh.U/c1-3-8(17)18-11(2,10(13)14)12(15,16)9-6-4-5-7(6)9;;/h4-7H,1H2,2H3;;/q-3;;+2. The Labute approximate surface area is 150 Å². The molecule has 0 aromatic rings. The van der Waals surface area contributed by atoms with Gasteiger partial charge >= 0.3 is 31.1 Å². The Balaban J connectivity index is 0.00000180. The third-order valence-corrected chi connectivity index (χ3v) is 3.29. The van der Waals surface area contributed by atoms with Gasteiger partial charge in [0.15, 0.2) is 5.92 Å². The van der Waals surface area contributed by atoms with E-state index in [1.807, 2.05) is 0 Å². The molecule has 20 heavy (non-hydrogen) atoms. The molecule has 2 rings (SSSR count). The molecule has 111 valence electrons. The summed E-state index contributed by atoms with van der Waals surface area (Å²) < 4.78 is 57.9. The van der Waals surface area contributed by atoms with Gasteiger partial charge in [0.05, 0.1) is 5.60 Å². The Hall–Kier alpha value is 0.345. The van der Waals surface area contributed by atoms with E-state index >= 15 is 0 Å². The molecule has 3 atom stereocenters. The number of halogens is 4. The van der Waals surface area contributed by atoms with Gasteiger partial charge in [-0.15, -0.1) is 12.2 Å². The molecule has 0 aromatic carbocycles. The van der Waals surface area contributed by atoms with Crippen LogP contribution in [0.2, 0.25) is 0 Å². The largest absolute Gasteiger partial charge is 2.00 e. The predicted octanol–water partition coefficient (Wildman–Crippen LogP) is 2.73. The smallest absolute Gasteiger partial charge is 0.507 e. The fourth-order valence-corrected chi connectivity index (χ4v) is 1.98. The molecule has 0 amide bonds. The number of hydrogen-bond donors (Lipinski definition) is 0. The summed E-state index contributed by atoms with van der Waals surface area (Å²) in [4.78, 5) is 10.9. The zero-order chi connectivity index (χ0) is 13.7. The minimum atomic E-state index is -3.92. The summed E-state index contributed by atoms with van der Waals surface area (Å²) in [5.41, 5.74) is -3.27. The summed E-state index contributed by atoms with van der Waals surface area (Å²) in [7, 11) is 0. The molecule has 3 unspecified atom stereocenters. The van der Waals surface area contributed by atoms with Gasteiger partial charge in [-0.05, 0) is 6.92 Å². The second kappa shape index (κ2) is 6.63. The number of hydrogen-bond acceptors (Lipinski definition) is 2. The maximum Gasteiger partial charge on any atom is 2.00 e. The van der Waals surface area contributed by atoms with Crippen molar-refractivity contribution in [3.8, 4) is 0 Å². The van der Waals surface area contributed by atoms with Crippen LogP contribution in [-0.2, 0) is 29.0 Å². The molecule has 2 nitrogen and oxygen atoms in total. The van der Waals surface area contributed by atoms with Crippen LogP contribution in [0.4, 0.5) is 17.6 Å². The van der Waals surface area contributed by atoms with Crippen LogP contribution in [0, 0.1) is 61.4 Å². The van der Waals surface area contributed by atoms with Crippen molar-refractivity contribution >= 4 is 5.97 Å². The molecular formula is C12H9F4O2RhU-. The fourth-order valence-electron chi connectivity index (χ4n) is 1.98. The molecule has 0 heterocycles. The van der Waals surface area contributed by atoms with Crippen molar-refractivity contribution in [1.82, 2.24) is 0 Å². The second-order valence-electron chi connectivity index (χ2n) is 4.33. The average molecular weight is 602 g/mol.